The molecule has 0 radical (unpaired) electrons. The Morgan fingerprint density at radius 3 is 2.57 bits per heavy atom. The van der Waals surface area contributed by atoms with Gasteiger partial charge in [0.15, 0.2) is 0 Å². The lowest BCUT2D eigenvalue weighted by Crippen LogP contribution is -2.41. The van der Waals surface area contributed by atoms with Crippen molar-refractivity contribution in [1.82, 2.24) is 10.9 Å². The number of carbonyl (C=O) groups is 3. The number of carboxylic acids is 1. The average molecular weight is 292 g/mol. The number of benzene rings is 1. The van der Waals surface area contributed by atoms with Crippen LogP contribution in [0.15, 0.2) is 36.9 Å². The van der Waals surface area contributed by atoms with Gasteiger partial charge in [-0.3, -0.25) is 25.2 Å². The number of nitrogens with one attached hydrogen (secondary N) is 2. The zero-order chi connectivity index (χ0) is 15.7. The summed E-state index contributed by atoms with van der Waals surface area (Å²) in [6, 6.07) is 6.52. The maximum Gasteiger partial charge on any atom is 0.303 e. The Morgan fingerprint density at radius 2 is 1.90 bits per heavy atom. The summed E-state index contributed by atoms with van der Waals surface area (Å²) in [5.41, 5.74) is 4.59. The number of carbonyl (C=O) groups excluding carboxylic acids is 2. The summed E-state index contributed by atoms with van der Waals surface area (Å²) in [5.74, 6) is -1.87. The Bertz CT molecular complexity index is 542. The van der Waals surface area contributed by atoms with Crippen molar-refractivity contribution in [3.63, 3.8) is 0 Å². The monoisotopic (exact) mass is 292 g/mol. The normalized spacial score (nSPS) is 9.52. The van der Waals surface area contributed by atoms with Crippen LogP contribution in [0.1, 0.15) is 23.2 Å². The molecule has 1 aromatic carbocycles. The molecule has 2 amide bonds. The maximum atomic E-state index is 11.9. The number of aliphatic carboxylic acids is 1. The fourth-order valence-corrected chi connectivity index (χ4v) is 1.41. The van der Waals surface area contributed by atoms with Gasteiger partial charge in [0.05, 0.1) is 12.0 Å². The van der Waals surface area contributed by atoms with E-state index in [1.807, 2.05) is 0 Å². The van der Waals surface area contributed by atoms with E-state index in [1.165, 1.54) is 6.07 Å². The van der Waals surface area contributed by atoms with Gasteiger partial charge in [0.25, 0.3) is 5.91 Å². The molecule has 0 atom stereocenters. The highest BCUT2D eigenvalue weighted by Gasteiger charge is 2.13. The summed E-state index contributed by atoms with van der Waals surface area (Å²) in [7, 11) is 0. The second kappa shape index (κ2) is 8.36. The van der Waals surface area contributed by atoms with Crippen LogP contribution >= 0.6 is 0 Å². The highest BCUT2D eigenvalue weighted by atomic mass is 16.5. The van der Waals surface area contributed by atoms with Gasteiger partial charge in [0.1, 0.15) is 12.4 Å². The van der Waals surface area contributed by atoms with Crippen molar-refractivity contribution in [2.24, 2.45) is 0 Å². The van der Waals surface area contributed by atoms with Gasteiger partial charge < -0.3 is 9.84 Å². The third-order valence-corrected chi connectivity index (χ3v) is 2.37. The van der Waals surface area contributed by atoms with Gasteiger partial charge in [-0.15, -0.1) is 0 Å². The zero-order valence-electron chi connectivity index (χ0n) is 11.3. The van der Waals surface area contributed by atoms with E-state index >= 15 is 0 Å². The molecule has 0 unspecified atom stereocenters. The minimum Gasteiger partial charge on any atom is -0.489 e. The van der Waals surface area contributed by atoms with E-state index in [0.29, 0.717) is 5.75 Å². The standard InChI is InChI=1S/C14H16N2O5/c1-2-9-21-11-6-4-3-5-10(11)14(20)16-15-12(17)7-8-13(18)19/h2-6H,1,7-9H2,(H,15,17)(H,16,20)(H,18,19). The van der Waals surface area contributed by atoms with E-state index in [-0.39, 0.29) is 25.0 Å². The molecule has 0 spiro atoms. The molecule has 3 N–H and O–H groups in total. The average Bonchev–Trinajstić information content (AvgIpc) is 2.48. The van der Waals surface area contributed by atoms with Gasteiger partial charge in [0.2, 0.25) is 5.91 Å². The lowest BCUT2D eigenvalue weighted by molar-refractivity contribution is -0.138. The topological polar surface area (TPSA) is 105 Å². The van der Waals surface area contributed by atoms with Crippen LogP contribution in [0.5, 0.6) is 5.75 Å². The second-order valence-electron chi connectivity index (χ2n) is 3.99. The van der Waals surface area contributed by atoms with Crippen molar-refractivity contribution in [1.29, 1.82) is 0 Å². The maximum absolute atomic E-state index is 11.9. The van der Waals surface area contributed by atoms with Crippen molar-refractivity contribution in [2.75, 3.05) is 6.61 Å². The summed E-state index contributed by atoms with van der Waals surface area (Å²) in [4.78, 5) is 33.5. The van der Waals surface area contributed by atoms with Crippen LogP contribution in [0, 0.1) is 0 Å². The number of amides is 2. The Morgan fingerprint density at radius 1 is 1.19 bits per heavy atom. The van der Waals surface area contributed by atoms with Gasteiger partial charge in [-0.1, -0.05) is 24.8 Å². The number of para-hydroxylation sites is 1. The van der Waals surface area contributed by atoms with E-state index in [2.05, 4.69) is 17.4 Å². The van der Waals surface area contributed by atoms with Gasteiger partial charge in [-0.2, -0.15) is 0 Å². The van der Waals surface area contributed by atoms with Crippen LogP contribution in [0.4, 0.5) is 0 Å². The van der Waals surface area contributed by atoms with Crippen LogP contribution in [-0.2, 0) is 9.59 Å². The van der Waals surface area contributed by atoms with Crippen LogP contribution in [0.2, 0.25) is 0 Å². The molecule has 0 aliphatic heterocycles. The molecule has 0 fully saturated rings. The van der Waals surface area contributed by atoms with Gasteiger partial charge >= 0.3 is 5.97 Å². The first-order valence-electron chi connectivity index (χ1n) is 6.18. The number of ether oxygens (including phenoxy) is 1. The molecule has 0 saturated heterocycles. The van der Waals surface area contributed by atoms with Crippen LogP contribution < -0.4 is 15.6 Å². The summed E-state index contributed by atoms with van der Waals surface area (Å²) in [5, 5.41) is 8.44. The van der Waals surface area contributed by atoms with E-state index in [0.717, 1.165) is 0 Å². The molecule has 7 nitrogen and oxygen atoms in total. The smallest absolute Gasteiger partial charge is 0.303 e. The summed E-state index contributed by atoms with van der Waals surface area (Å²) in [6.45, 7) is 3.76. The Kier molecular flexibility index (Phi) is 6.46. The van der Waals surface area contributed by atoms with E-state index in [9.17, 15) is 14.4 Å². The molecule has 0 aliphatic rings. The molecular weight excluding hydrogens is 276 g/mol. The first kappa shape index (κ1) is 16.2. The first-order chi connectivity index (χ1) is 10.0. The van der Waals surface area contributed by atoms with Gasteiger partial charge in [-0.25, -0.2) is 0 Å². The Balaban J connectivity index is 2.57. The predicted octanol–water partition coefficient (Wildman–Crippen LogP) is 0.877. The third kappa shape index (κ3) is 5.77. The van der Waals surface area contributed by atoms with Crippen LogP contribution in [0.25, 0.3) is 0 Å². The zero-order valence-corrected chi connectivity index (χ0v) is 11.3. The second-order valence-corrected chi connectivity index (χ2v) is 3.99. The largest absolute Gasteiger partial charge is 0.489 e. The fourth-order valence-electron chi connectivity index (χ4n) is 1.41. The quantitative estimate of drug-likeness (QED) is 0.511. The lowest BCUT2D eigenvalue weighted by Gasteiger charge is -2.11. The van der Waals surface area contributed by atoms with Gasteiger partial charge in [-0.05, 0) is 12.1 Å². The van der Waals surface area contributed by atoms with Crippen LogP contribution in [0.3, 0.4) is 0 Å². The van der Waals surface area contributed by atoms with Gasteiger partial charge in [0, 0.05) is 6.42 Å². The van der Waals surface area contributed by atoms with Crippen molar-refractivity contribution in [2.45, 2.75) is 12.8 Å². The Hall–Kier alpha value is -2.83. The lowest BCUT2D eigenvalue weighted by atomic mass is 10.2. The Labute approximate surface area is 121 Å². The SMILES string of the molecule is C=CCOc1ccccc1C(=O)NNC(=O)CCC(=O)O. The molecule has 0 heterocycles. The van der Waals surface area contributed by atoms with E-state index in [1.54, 1.807) is 24.3 Å². The molecule has 0 aromatic heterocycles. The first-order valence-corrected chi connectivity index (χ1v) is 6.18. The number of hydrogen-bond acceptors (Lipinski definition) is 4. The minimum atomic E-state index is -1.08. The van der Waals surface area contributed by atoms with Crippen molar-refractivity contribution in [3.05, 3.63) is 42.5 Å². The molecular formula is C14H16N2O5. The van der Waals surface area contributed by atoms with Crippen molar-refractivity contribution >= 4 is 17.8 Å². The van der Waals surface area contributed by atoms with E-state index in [4.69, 9.17) is 9.84 Å². The summed E-state index contributed by atoms with van der Waals surface area (Å²) >= 11 is 0. The summed E-state index contributed by atoms with van der Waals surface area (Å²) in [6.07, 6.45) is 1.02. The number of hydrazine groups is 1. The molecule has 0 bridgehead atoms. The third-order valence-electron chi connectivity index (χ3n) is 2.37. The number of rotatable bonds is 7. The van der Waals surface area contributed by atoms with Crippen LogP contribution in [-0.4, -0.2) is 29.5 Å². The molecule has 112 valence electrons. The molecule has 0 saturated carbocycles. The van der Waals surface area contributed by atoms with Crippen molar-refractivity contribution in [3.8, 4) is 5.75 Å². The number of hydrogen-bond donors (Lipinski definition) is 3. The highest BCUT2D eigenvalue weighted by Crippen LogP contribution is 2.17. The minimum absolute atomic E-state index is 0.218. The molecule has 7 heteroatoms. The molecule has 1 rings (SSSR count). The highest BCUT2D eigenvalue weighted by molar-refractivity contribution is 5.97. The predicted molar refractivity (Wildman–Crippen MR) is 74.6 cm³/mol. The fraction of sp³-hybridized carbons (Fsp3) is 0.214. The summed E-state index contributed by atoms with van der Waals surface area (Å²) < 4.78 is 5.32. The number of carboxylic acid groups (broad SMARTS) is 1. The molecule has 0 aliphatic carbocycles. The van der Waals surface area contributed by atoms with E-state index < -0.39 is 17.8 Å². The molecule has 1 aromatic rings. The molecule has 21 heavy (non-hydrogen) atoms. The van der Waals surface area contributed by atoms with Crippen molar-refractivity contribution < 1.29 is 24.2 Å².